The van der Waals surface area contributed by atoms with Crippen LogP contribution in [0.1, 0.15) is 44.4 Å². The molecule has 2 amide bonds. The van der Waals surface area contributed by atoms with E-state index in [1.165, 1.54) is 4.90 Å². The molecule has 1 atom stereocenters. The number of carbonyl (C=O) groups excluding carboxylic acids is 2. The zero-order chi connectivity index (χ0) is 25.8. The fourth-order valence-electron chi connectivity index (χ4n) is 3.56. The second kappa shape index (κ2) is 10.8. The Morgan fingerprint density at radius 3 is 2.26 bits per heavy atom. The van der Waals surface area contributed by atoms with Gasteiger partial charge in [-0.15, -0.1) is 0 Å². The van der Waals surface area contributed by atoms with Gasteiger partial charge in [-0.3, -0.25) is 13.9 Å². The molecule has 0 aliphatic rings. The fourth-order valence-corrected chi connectivity index (χ4v) is 4.69. The van der Waals surface area contributed by atoms with Crippen LogP contribution in [0.5, 0.6) is 0 Å². The summed E-state index contributed by atoms with van der Waals surface area (Å²) in [7, 11) is -3.79. The maximum atomic E-state index is 13.6. The summed E-state index contributed by atoms with van der Waals surface area (Å²) in [6.07, 6.45) is 1.05. The maximum absolute atomic E-state index is 13.6. The Hall–Kier alpha value is -2.58. The summed E-state index contributed by atoms with van der Waals surface area (Å²) in [6, 6.07) is 11.6. The molecule has 9 heteroatoms. The summed E-state index contributed by atoms with van der Waals surface area (Å²) >= 11 is 6.04. The smallest absolute Gasteiger partial charge is 0.244 e. The van der Waals surface area contributed by atoms with Crippen LogP contribution in [0.4, 0.5) is 5.69 Å². The summed E-state index contributed by atoms with van der Waals surface area (Å²) in [5, 5.41) is 3.37. The van der Waals surface area contributed by atoms with Gasteiger partial charge in [0.25, 0.3) is 0 Å². The Morgan fingerprint density at radius 2 is 1.74 bits per heavy atom. The molecule has 0 radical (unpaired) electrons. The van der Waals surface area contributed by atoms with Crippen LogP contribution in [0.25, 0.3) is 0 Å². The van der Waals surface area contributed by atoms with E-state index < -0.39 is 34.1 Å². The molecule has 0 saturated carbocycles. The van der Waals surface area contributed by atoms with Crippen LogP contribution in [0.2, 0.25) is 5.02 Å². The van der Waals surface area contributed by atoms with E-state index in [0.717, 1.165) is 21.7 Å². The maximum Gasteiger partial charge on any atom is 0.244 e. The average Bonchev–Trinajstić information content (AvgIpc) is 2.68. The van der Waals surface area contributed by atoms with Gasteiger partial charge in [0.2, 0.25) is 21.8 Å². The lowest BCUT2D eigenvalue weighted by molar-refractivity contribution is -0.140. The minimum atomic E-state index is -3.79. The molecule has 1 N–H and O–H groups in total. The molecule has 186 valence electrons. The minimum Gasteiger partial charge on any atom is -0.350 e. The van der Waals surface area contributed by atoms with Crippen LogP contribution in [0.15, 0.2) is 42.5 Å². The highest BCUT2D eigenvalue weighted by molar-refractivity contribution is 7.92. The van der Waals surface area contributed by atoms with Gasteiger partial charge in [-0.05, 0) is 70.9 Å². The first-order valence-electron chi connectivity index (χ1n) is 11.0. The first-order chi connectivity index (χ1) is 15.6. The van der Waals surface area contributed by atoms with Crippen molar-refractivity contribution in [1.29, 1.82) is 0 Å². The fraction of sp³-hybridized carbons (Fsp3) is 0.440. The highest BCUT2D eigenvalue weighted by atomic mass is 35.5. The molecule has 0 heterocycles. The summed E-state index contributed by atoms with van der Waals surface area (Å²) in [5.74, 6) is -0.806. The van der Waals surface area contributed by atoms with Crippen LogP contribution >= 0.6 is 11.6 Å². The van der Waals surface area contributed by atoms with Crippen molar-refractivity contribution in [3.63, 3.8) is 0 Å². The highest BCUT2D eigenvalue weighted by Gasteiger charge is 2.31. The van der Waals surface area contributed by atoms with Crippen molar-refractivity contribution in [2.24, 2.45) is 0 Å². The van der Waals surface area contributed by atoms with Crippen LogP contribution in [-0.2, 0) is 26.2 Å². The normalized spacial score (nSPS) is 12.7. The van der Waals surface area contributed by atoms with Gasteiger partial charge < -0.3 is 10.2 Å². The van der Waals surface area contributed by atoms with Crippen molar-refractivity contribution in [3.05, 3.63) is 64.2 Å². The summed E-state index contributed by atoms with van der Waals surface area (Å²) in [5.41, 5.74) is 2.36. The molecule has 0 saturated heterocycles. The van der Waals surface area contributed by atoms with Gasteiger partial charge in [0.1, 0.15) is 12.6 Å². The molecule has 34 heavy (non-hydrogen) atoms. The number of nitrogens with one attached hydrogen (secondary N) is 1. The van der Waals surface area contributed by atoms with Crippen molar-refractivity contribution >= 4 is 39.1 Å². The molecule has 0 bridgehead atoms. The van der Waals surface area contributed by atoms with Crippen LogP contribution in [-0.4, -0.2) is 49.5 Å². The Kier molecular flexibility index (Phi) is 8.77. The summed E-state index contributed by atoms with van der Waals surface area (Å²) in [6.45, 7) is 10.6. The van der Waals surface area contributed by atoms with Gasteiger partial charge in [0.15, 0.2) is 0 Å². The largest absolute Gasteiger partial charge is 0.350 e. The van der Waals surface area contributed by atoms with Gasteiger partial charge >= 0.3 is 0 Å². The third-order valence-electron chi connectivity index (χ3n) is 5.21. The molecule has 0 aliphatic heterocycles. The highest BCUT2D eigenvalue weighted by Crippen LogP contribution is 2.26. The van der Waals surface area contributed by atoms with E-state index in [0.29, 0.717) is 16.3 Å². The Morgan fingerprint density at radius 1 is 1.09 bits per heavy atom. The van der Waals surface area contributed by atoms with E-state index >= 15 is 0 Å². The number of anilines is 1. The van der Waals surface area contributed by atoms with Gasteiger partial charge in [0.05, 0.1) is 11.9 Å². The second-order valence-corrected chi connectivity index (χ2v) is 12.0. The molecular formula is C25H34ClN3O4S. The van der Waals surface area contributed by atoms with Crippen molar-refractivity contribution in [2.75, 3.05) is 17.1 Å². The molecule has 2 aromatic rings. The van der Waals surface area contributed by atoms with Crippen LogP contribution in [0.3, 0.4) is 0 Å². The molecular weight excluding hydrogens is 474 g/mol. The number of hydrogen-bond acceptors (Lipinski definition) is 4. The monoisotopic (exact) mass is 507 g/mol. The van der Waals surface area contributed by atoms with Crippen molar-refractivity contribution < 1.29 is 18.0 Å². The van der Waals surface area contributed by atoms with E-state index in [1.807, 2.05) is 52.0 Å². The van der Waals surface area contributed by atoms with Crippen molar-refractivity contribution in [1.82, 2.24) is 10.2 Å². The Bertz CT molecular complexity index is 1160. The molecule has 2 aromatic carbocycles. The zero-order valence-electron chi connectivity index (χ0n) is 20.8. The number of hydrogen-bond donors (Lipinski definition) is 1. The standard InChI is InChI=1S/C25H34ClN3O4S/c1-17-9-8-10-20(13-17)15-28(19(3)24(31)27-25(4,5)6)23(30)16-29(34(7,32)33)22-12-11-21(26)14-18(22)2/h8-14,19H,15-16H2,1-7H3,(H,27,31)/t19-/m0/s1. The van der Waals surface area contributed by atoms with Crippen LogP contribution < -0.4 is 9.62 Å². The number of carbonyl (C=O) groups is 2. The Balaban J connectivity index is 2.44. The zero-order valence-corrected chi connectivity index (χ0v) is 22.4. The number of sulfonamides is 1. The van der Waals surface area contributed by atoms with Gasteiger partial charge in [-0.1, -0.05) is 41.4 Å². The minimum absolute atomic E-state index is 0.163. The quantitative estimate of drug-likeness (QED) is 0.583. The van der Waals surface area contributed by atoms with Crippen molar-refractivity contribution in [3.8, 4) is 0 Å². The van der Waals surface area contributed by atoms with Crippen LogP contribution in [0, 0.1) is 13.8 Å². The van der Waals surface area contributed by atoms with Gasteiger partial charge in [-0.2, -0.15) is 0 Å². The molecule has 0 aromatic heterocycles. The number of amides is 2. The summed E-state index contributed by atoms with van der Waals surface area (Å²) < 4.78 is 26.4. The number of aryl methyl sites for hydroxylation is 2. The van der Waals surface area contributed by atoms with Crippen molar-refractivity contribution in [2.45, 2.75) is 59.7 Å². The molecule has 7 nitrogen and oxygen atoms in total. The third-order valence-corrected chi connectivity index (χ3v) is 6.57. The number of rotatable bonds is 8. The predicted molar refractivity (Wildman–Crippen MR) is 137 cm³/mol. The molecule has 0 aliphatic carbocycles. The molecule has 2 rings (SSSR count). The first kappa shape index (κ1) is 27.7. The molecule has 0 spiro atoms. The lowest BCUT2D eigenvalue weighted by Crippen LogP contribution is -2.54. The number of nitrogens with zero attached hydrogens (tertiary/aromatic N) is 2. The predicted octanol–water partition coefficient (Wildman–Crippen LogP) is 4.05. The van der Waals surface area contributed by atoms with E-state index in [9.17, 15) is 18.0 Å². The number of benzene rings is 2. The summed E-state index contributed by atoms with van der Waals surface area (Å²) in [4.78, 5) is 27.9. The lowest BCUT2D eigenvalue weighted by Gasteiger charge is -2.33. The molecule has 0 fully saturated rings. The van der Waals surface area contributed by atoms with Gasteiger partial charge in [-0.25, -0.2) is 8.42 Å². The van der Waals surface area contributed by atoms with E-state index in [-0.39, 0.29) is 12.5 Å². The lowest BCUT2D eigenvalue weighted by atomic mass is 10.1. The average molecular weight is 508 g/mol. The first-order valence-corrected chi connectivity index (χ1v) is 13.2. The van der Waals surface area contributed by atoms with E-state index in [4.69, 9.17) is 11.6 Å². The SMILES string of the molecule is Cc1cccc(CN(C(=O)CN(c2ccc(Cl)cc2C)S(C)(=O)=O)[C@@H](C)C(=O)NC(C)(C)C)c1. The van der Waals surface area contributed by atoms with E-state index in [2.05, 4.69) is 5.32 Å². The van der Waals surface area contributed by atoms with E-state index in [1.54, 1.807) is 32.0 Å². The Labute approximate surface area is 208 Å². The van der Waals surface area contributed by atoms with Gasteiger partial charge in [0, 0.05) is 17.1 Å². The number of halogens is 1. The third kappa shape index (κ3) is 7.74. The second-order valence-electron chi connectivity index (χ2n) is 9.63. The topological polar surface area (TPSA) is 86.8 Å². The molecule has 0 unspecified atom stereocenters.